The van der Waals surface area contributed by atoms with Gasteiger partial charge in [0.15, 0.2) is 11.5 Å². The lowest BCUT2D eigenvalue weighted by Crippen LogP contribution is -2.37. The quantitative estimate of drug-likeness (QED) is 0.261. The third kappa shape index (κ3) is 4.82. The van der Waals surface area contributed by atoms with E-state index < -0.39 is 25.8 Å². The number of hydrogen-bond acceptors (Lipinski definition) is 8. The molecule has 1 saturated heterocycles. The first-order valence-corrected chi connectivity index (χ1v) is 14.7. The van der Waals surface area contributed by atoms with E-state index in [9.17, 15) is 16.8 Å². The Hall–Kier alpha value is -2.12. The number of benzene rings is 3. The van der Waals surface area contributed by atoms with Crippen LogP contribution in [0.15, 0.2) is 79.4 Å². The van der Waals surface area contributed by atoms with E-state index in [0.29, 0.717) is 20.3 Å². The fourth-order valence-electron chi connectivity index (χ4n) is 3.75. The molecule has 0 unspecified atom stereocenters. The van der Waals surface area contributed by atoms with E-state index >= 15 is 0 Å². The molecule has 0 amide bonds. The van der Waals surface area contributed by atoms with Gasteiger partial charge in [0.1, 0.15) is 33.3 Å². The molecule has 2 aliphatic heterocycles. The van der Waals surface area contributed by atoms with Crippen LogP contribution in [-0.4, -0.2) is 28.5 Å². The summed E-state index contributed by atoms with van der Waals surface area (Å²) in [5.74, 6) is -0.310. The Morgan fingerprint density at radius 1 is 0.771 bits per heavy atom. The van der Waals surface area contributed by atoms with Crippen LogP contribution in [0.25, 0.3) is 0 Å². The largest absolute Gasteiger partial charge is 0.484 e. The number of epoxide rings is 1. The average molecular weight is 646 g/mol. The number of ether oxygens (including phenoxy) is 2. The van der Waals surface area contributed by atoms with Crippen molar-refractivity contribution in [3.63, 3.8) is 0 Å². The van der Waals surface area contributed by atoms with E-state index in [2.05, 4.69) is 31.9 Å². The Balaban J connectivity index is 1.58. The summed E-state index contributed by atoms with van der Waals surface area (Å²) in [6.45, 7) is 3.70. The predicted molar refractivity (Wildman–Crippen MR) is 133 cm³/mol. The summed E-state index contributed by atoms with van der Waals surface area (Å²) in [4.78, 5) is -0.231. The van der Waals surface area contributed by atoms with E-state index in [-0.39, 0.29) is 33.5 Å². The Kier molecular flexibility index (Phi) is 5.95. The van der Waals surface area contributed by atoms with Crippen molar-refractivity contribution in [2.75, 3.05) is 0 Å². The van der Waals surface area contributed by atoms with E-state index in [1.165, 1.54) is 36.4 Å². The molecule has 0 radical (unpaired) electrons. The number of hydrogen-bond donors (Lipinski definition) is 0. The lowest BCUT2D eigenvalue weighted by molar-refractivity contribution is 0.0723. The highest BCUT2D eigenvalue weighted by Gasteiger charge is 2.57. The molecule has 0 aromatic heterocycles. The van der Waals surface area contributed by atoms with E-state index in [4.69, 9.17) is 17.8 Å². The van der Waals surface area contributed by atoms with Gasteiger partial charge in [0.25, 0.3) is 0 Å². The number of halogens is 2. The monoisotopic (exact) mass is 644 g/mol. The van der Waals surface area contributed by atoms with Gasteiger partial charge in [0, 0.05) is 20.6 Å². The van der Waals surface area contributed by atoms with Crippen molar-refractivity contribution >= 4 is 52.1 Å². The maximum atomic E-state index is 13.0. The Labute approximate surface area is 219 Å². The number of rotatable bonds is 6. The molecular formula is C23H18Br2O8S2. The van der Waals surface area contributed by atoms with Crippen LogP contribution in [0.2, 0.25) is 0 Å². The van der Waals surface area contributed by atoms with Crippen LogP contribution in [0.1, 0.15) is 25.5 Å². The highest BCUT2D eigenvalue weighted by atomic mass is 79.9. The summed E-state index contributed by atoms with van der Waals surface area (Å²) < 4.78 is 75.9. The average Bonchev–Trinajstić information content (AvgIpc) is 3.57. The van der Waals surface area contributed by atoms with Gasteiger partial charge < -0.3 is 17.8 Å². The lowest BCUT2D eigenvalue weighted by atomic mass is 9.94. The van der Waals surface area contributed by atoms with Crippen molar-refractivity contribution in [2.24, 2.45) is 0 Å². The highest BCUT2D eigenvalue weighted by molar-refractivity contribution is 9.10. The molecular weight excluding hydrogens is 628 g/mol. The molecule has 2 aliphatic rings. The third-order valence-corrected chi connectivity index (χ3v) is 9.09. The highest BCUT2D eigenvalue weighted by Crippen LogP contribution is 2.56. The normalized spacial score (nSPS) is 20.2. The van der Waals surface area contributed by atoms with Crippen molar-refractivity contribution in [3.8, 4) is 17.2 Å². The first-order chi connectivity index (χ1) is 16.4. The lowest BCUT2D eigenvalue weighted by Gasteiger charge is -2.30. The van der Waals surface area contributed by atoms with E-state index in [1.54, 1.807) is 24.3 Å². The summed E-state index contributed by atoms with van der Waals surface area (Å²) in [5, 5.41) is 0. The molecule has 2 heterocycles. The summed E-state index contributed by atoms with van der Waals surface area (Å²) in [6.07, 6.45) is -0.548. The van der Waals surface area contributed by atoms with Crippen LogP contribution in [0, 0.1) is 0 Å². The number of fused-ring (bicyclic) bond motifs is 3. The molecule has 0 saturated carbocycles. The van der Waals surface area contributed by atoms with E-state index in [1.807, 2.05) is 13.8 Å². The fraction of sp³-hybridized carbons (Fsp3) is 0.217. The first kappa shape index (κ1) is 24.6. The molecule has 12 heteroatoms. The molecule has 1 fully saturated rings. The summed E-state index contributed by atoms with van der Waals surface area (Å²) in [7, 11) is -8.64. The molecule has 2 atom stereocenters. The topological polar surface area (TPSA) is 108 Å². The van der Waals surface area contributed by atoms with Gasteiger partial charge in [0.2, 0.25) is 0 Å². The second-order valence-electron chi connectivity index (χ2n) is 8.50. The molecule has 0 N–H and O–H groups in total. The minimum absolute atomic E-state index is 0.113. The zero-order valence-corrected chi connectivity index (χ0v) is 23.1. The maximum Gasteiger partial charge on any atom is 0.339 e. The Bertz CT molecular complexity index is 1520. The third-order valence-electron chi connectivity index (χ3n) is 5.54. The zero-order chi connectivity index (χ0) is 25.2. The van der Waals surface area contributed by atoms with E-state index in [0.717, 1.165) is 0 Å². The summed E-state index contributed by atoms with van der Waals surface area (Å²) >= 11 is 6.52. The Morgan fingerprint density at radius 2 is 1.23 bits per heavy atom. The van der Waals surface area contributed by atoms with Gasteiger partial charge in [-0.1, -0.05) is 31.9 Å². The van der Waals surface area contributed by atoms with Crippen molar-refractivity contribution in [3.05, 3.63) is 75.2 Å². The van der Waals surface area contributed by atoms with Crippen molar-refractivity contribution in [1.29, 1.82) is 0 Å². The molecule has 184 valence electrons. The summed E-state index contributed by atoms with van der Waals surface area (Å²) in [5.41, 5.74) is -0.116. The fourth-order valence-corrected chi connectivity index (χ4v) is 6.15. The van der Waals surface area contributed by atoms with Gasteiger partial charge in [-0.15, -0.1) is 0 Å². The first-order valence-electron chi connectivity index (χ1n) is 10.3. The van der Waals surface area contributed by atoms with Gasteiger partial charge in [-0.05, 0) is 68.4 Å². The minimum atomic E-state index is -4.33. The SMILES string of the molecule is CC1(C)Oc2cc(OS(=O)(=O)c3ccc(Br)cc3)c(OS(=O)(=O)c3ccc(Br)cc3)cc2[C@@H]2O[C@@H]21. The van der Waals surface area contributed by atoms with Gasteiger partial charge in [0.05, 0.1) is 0 Å². The minimum Gasteiger partial charge on any atom is -0.484 e. The molecule has 3 aromatic rings. The standard InChI is InChI=1S/C23H18Br2O8S2/c1-23(2)22-21(30-22)17-11-19(32-34(26,27)15-7-3-13(24)4-8-15)20(12-18(17)31-23)33-35(28,29)16-9-5-14(25)6-10-16/h3-12,21-22H,1-2H3/t21-,22-/m0/s1. The van der Waals surface area contributed by atoms with Crippen LogP contribution >= 0.6 is 31.9 Å². The zero-order valence-electron chi connectivity index (χ0n) is 18.3. The van der Waals surface area contributed by atoms with Crippen LogP contribution < -0.4 is 13.1 Å². The molecule has 8 nitrogen and oxygen atoms in total. The maximum absolute atomic E-state index is 13.0. The Morgan fingerprint density at radius 3 is 1.71 bits per heavy atom. The van der Waals surface area contributed by atoms with Crippen molar-refractivity contribution in [2.45, 2.75) is 41.4 Å². The van der Waals surface area contributed by atoms with Crippen molar-refractivity contribution in [1.82, 2.24) is 0 Å². The van der Waals surface area contributed by atoms with Gasteiger partial charge in [-0.2, -0.15) is 16.8 Å². The molecule has 35 heavy (non-hydrogen) atoms. The predicted octanol–water partition coefficient (Wildman–Crippen LogP) is 5.36. The summed E-state index contributed by atoms with van der Waals surface area (Å²) in [6, 6.07) is 14.4. The molecule has 0 bridgehead atoms. The van der Waals surface area contributed by atoms with Crippen LogP contribution in [0.4, 0.5) is 0 Å². The molecule has 0 aliphatic carbocycles. The van der Waals surface area contributed by atoms with Crippen LogP contribution in [0.3, 0.4) is 0 Å². The second-order valence-corrected chi connectivity index (χ2v) is 13.4. The van der Waals surface area contributed by atoms with Gasteiger partial charge in [-0.3, -0.25) is 0 Å². The smallest absolute Gasteiger partial charge is 0.339 e. The van der Waals surface area contributed by atoms with Crippen LogP contribution in [0.5, 0.6) is 17.2 Å². The van der Waals surface area contributed by atoms with Gasteiger partial charge in [-0.25, -0.2) is 0 Å². The second kappa shape index (κ2) is 8.48. The van der Waals surface area contributed by atoms with Crippen molar-refractivity contribution < 1.29 is 34.7 Å². The van der Waals surface area contributed by atoms with Crippen LogP contribution in [-0.2, 0) is 25.0 Å². The van der Waals surface area contributed by atoms with Gasteiger partial charge >= 0.3 is 20.2 Å². The molecule has 0 spiro atoms. The molecule has 3 aromatic carbocycles. The molecule has 5 rings (SSSR count).